The summed E-state index contributed by atoms with van der Waals surface area (Å²) in [5.41, 5.74) is 1.44. The van der Waals surface area contributed by atoms with E-state index < -0.39 is 0 Å². The molecule has 3 rings (SSSR count). The van der Waals surface area contributed by atoms with E-state index in [1.54, 1.807) is 24.3 Å². The molecule has 1 aromatic carbocycles. The molecule has 6 heteroatoms. The van der Waals surface area contributed by atoms with Gasteiger partial charge in [-0.05, 0) is 30.5 Å². The number of nitrogens with zero attached hydrogens (tertiary/aromatic N) is 2. The number of hydrogen-bond donors (Lipinski definition) is 2. The molecule has 0 bridgehead atoms. The standard InChI is InChI=1S/C17H21N3O3/c21-11-12-4-3-7-14(10-12)18-15(22)8-9-16-19-17(20-23-16)13-5-1-2-6-13/h3-4,7,10,13,21H,1-2,5-6,8-9,11H2,(H,18,22). The average molecular weight is 315 g/mol. The van der Waals surface area contributed by atoms with E-state index in [1.165, 1.54) is 12.8 Å². The van der Waals surface area contributed by atoms with Crippen LogP contribution in [0.15, 0.2) is 28.8 Å². The Bertz CT molecular complexity index is 663. The summed E-state index contributed by atoms with van der Waals surface area (Å²) in [6.45, 7) is -0.0460. The number of nitrogens with one attached hydrogen (secondary N) is 1. The molecule has 1 aliphatic carbocycles. The summed E-state index contributed by atoms with van der Waals surface area (Å²) in [6.07, 6.45) is 5.43. The molecular weight excluding hydrogens is 294 g/mol. The Morgan fingerprint density at radius 2 is 2.17 bits per heavy atom. The van der Waals surface area contributed by atoms with Crippen molar-refractivity contribution in [1.29, 1.82) is 0 Å². The number of carbonyl (C=O) groups excluding carboxylic acids is 1. The summed E-state index contributed by atoms with van der Waals surface area (Å²) in [5, 5.41) is 15.9. The predicted octanol–water partition coefficient (Wildman–Crippen LogP) is 2.79. The SMILES string of the molecule is O=C(CCc1nc(C2CCCC2)no1)Nc1cccc(CO)c1. The molecule has 0 radical (unpaired) electrons. The lowest BCUT2D eigenvalue weighted by Gasteiger charge is -2.05. The Labute approximate surface area is 134 Å². The molecule has 1 aromatic heterocycles. The van der Waals surface area contributed by atoms with E-state index in [2.05, 4.69) is 15.5 Å². The highest BCUT2D eigenvalue weighted by Crippen LogP contribution is 2.32. The van der Waals surface area contributed by atoms with Crippen LogP contribution >= 0.6 is 0 Å². The van der Waals surface area contributed by atoms with Crippen molar-refractivity contribution in [3.8, 4) is 0 Å². The van der Waals surface area contributed by atoms with E-state index in [0.717, 1.165) is 24.2 Å². The van der Waals surface area contributed by atoms with Crippen molar-refractivity contribution in [1.82, 2.24) is 10.1 Å². The minimum Gasteiger partial charge on any atom is -0.392 e. The second-order valence-electron chi connectivity index (χ2n) is 5.93. The molecule has 1 amide bonds. The molecule has 1 heterocycles. The van der Waals surface area contributed by atoms with Crippen LogP contribution in [0.2, 0.25) is 0 Å². The molecule has 0 aliphatic heterocycles. The number of aliphatic hydroxyl groups is 1. The van der Waals surface area contributed by atoms with Gasteiger partial charge in [0.25, 0.3) is 0 Å². The fourth-order valence-electron chi connectivity index (χ4n) is 2.91. The lowest BCUT2D eigenvalue weighted by atomic mass is 10.1. The largest absolute Gasteiger partial charge is 0.392 e. The van der Waals surface area contributed by atoms with E-state index in [9.17, 15) is 4.79 Å². The number of aliphatic hydroxyl groups excluding tert-OH is 1. The molecule has 0 atom stereocenters. The van der Waals surface area contributed by atoms with Gasteiger partial charge in [-0.25, -0.2) is 0 Å². The first-order valence-corrected chi connectivity index (χ1v) is 8.07. The number of anilines is 1. The van der Waals surface area contributed by atoms with Gasteiger partial charge in [0.15, 0.2) is 5.82 Å². The monoisotopic (exact) mass is 315 g/mol. The molecule has 0 spiro atoms. The van der Waals surface area contributed by atoms with Crippen molar-refractivity contribution < 1.29 is 14.4 Å². The molecule has 122 valence electrons. The zero-order valence-electron chi connectivity index (χ0n) is 13.0. The molecule has 6 nitrogen and oxygen atoms in total. The molecule has 1 fully saturated rings. The Kier molecular flexibility index (Phi) is 5.02. The summed E-state index contributed by atoms with van der Waals surface area (Å²) in [6, 6.07) is 7.15. The van der Waals surface area contributed by atoms with Crippen molar-refractivity contribution in [3.63, 3.8) is 0 Å². The van der Waals surface area contributed by atoms with Gasteiger partial charge in [0.1, 0.15) is 0 Å². The van der Waals surface area contributed by atoms with E-state index in [1.807, 2.05) is 0 Å². The van der Waals surface area contributed by atoms with Crippen LogP contribution in [-0.2, 0) is 17.8 Å². The van der Waals surface area contributed by atoms with Crippen LogP contribution in [0.1, 0.15) is 55.3 Å². The van der Waals surface area contributed by atoms with Gasteiger partial charge in [-0.15, -0.1) is 0 Å². The highest BCUT2D eigenvalue weighted by Gasteiger charge is 2.22. The van der Waals surface area contributed by atoms with E-state index in [-0.39, 0.29) is 18.9 Å². The summed E-state index contributed by atoms with van der Waals surface area (Å²) < 4.78 is 5.24. The molecule has 2 N–H and O–H groups in total. The number of amides is 1. The number of hydrogen-bond acceptors (Lipinski definition) is 5. The third-order valence-electron chi connectivity index (χ3n) is 4.16. The molecule has 0 unspecified atom stereocenters. The van der Waals surface area contributed by atoms with Crippen LogP contribution < -0.4 is 5.32 Å². The maximum absolute atomic E-state index is 12.0. The molecule has 0 saturated heterocycles. The van der Waals surface area contributed by atoms with Crippen LogP contribution in [0.25, 0.3) is 0 Å². The second-order valence-corrected chi connectivity index (χ2v) is 5.93. The van der Waals surface area contributed by atoms with E-state index in [4.69, 9.17) is 9.63 Å². The first-order valence-electron chi connectivity index (χ1n) is 8.07. The minimum atomic E-state index is -0.110. The highest BCUT2D eigenvalue weighted by atomic mass is 16.5. The van der Waals surface area contributed by atoms with Crippen LogP contribution in [-0.4, -0.2) is 21.2 Å². The van der Waals surface area contributed by atoms with Gasteiger partial charge >= 0.3 is 0 Å². The summed E-state index contributed by atoms with van der Waals surface area (Å²) in [5.74, 6) is 1.61. The lowest BCUT2D eigenvalue weighted by molar-refractivity contribution is -0.116. The van der Waals surface area contributed by atoms with Gasteiger partial charge in [-0.2, -0.15) is 4.98 Å². The fourth-order valence-corrected chi connectivity index (χ4v) is 2.91. The zero-order valence-corrected chi connectivity index (χ0v) is 13.0. The molecule has 1 aliphatic rings. The normalized spacial score (nSPS) is 15.0. The van der Waals surface area contributed by atoms with Crippen LogP contribution in [0, 0.1) is 0 Å². The molecule has 2 aromatic rings. The maximum atomic E-state index is 12.0. The summed E-state index contributed by atoms with van der Waals surface area (Å²) >= 11 is 0. The minimum absolute atomic E-state index is 0.0460. The number of aryl methyl sites for hydroxylation is 1. The third-order valence-corrected chi connectivity index (χ3v) is 4.16. The van der Waals surface area contributed by atoms with Crippen LogP contribution in [0.4, 0.5) is 5.69 Å². The van der Waals surface area contributed by atoms with Crippen molar-refractivity contribution in [2.45, 2.75) is 51.0 Å². The second kappa shape index (κ2) is 7.37. The molecule has 1 saturated carbocycles. The quantitative estimate of drug-likeness (QED) is 0.855. The predicted molar refractivity (Wildman–Crippen MR) is 84.8 cm³/mol. The summed E-state index contributed by atoms with van der Waals surface area (Å²) in [4.78, 5) is 16.4. The Morgan fingerprint density at radius 3 is 2.96 bits per heavy atom. The smallest absolute Gasteiger partial charge is 0.227 e. The molecular formula is C17H21N3O3. The Hall–Kier alpha value is -2.21. The van der Waals surface area contributed by atoms with Gasteiger partial charge in [0.05, 0.1) is 6.61 Å². The number of benzene rings is 1. The number of rotatable bonds is 6. The van der Waals surface area contributed by atoms with E-state index >= 15 is 0 Å². The maximum Gasteiger partial charge on any atom is 0.227 e. The zero-order chi connectivity index (χ0) is 16.1. The first-order chi connectivity index (χ1) is 11.2. The van der Waals surface area contributed by atoms with Gasteiger partial charge in [0, 0.05) is 24.4 Å². The van der Waals surface area contributed by atoms with Gasteiger partial charge in [-0.3, -0.25) is 4.79 Å². The molecule has 23 heavy (non-hydrogen) atoms. The van der Waals surface area contributed by atoms with Gasteiger partial charge in [-0.1, -0.05) is 30.1 Å². The fraction of sp³-hybridized carbons (Fsp3) is 0.471. The Morgan fingerprint density at radius 1 is 1.35 bits per heavy atom. The lowest BCUT2D eigenvalue weighted by Crippen LogP contribution is -2.12. The topological polar surface area (TPSA) is 88.2 Å². The van der Waals surface area contributed by atoms with Crippen LogP contribution in [0.5, 0.6) is 0 Å². The first kappa shape index (κ1) is 15.7. The van der Waals surface area contributed by atoms with Crippen molar-refractivity contribution in [2.24, 2.45) is 0 Å². The van der Waals surface area contributed by atoms with Crippen molar-refractivity contribution in [2.75, 3.05) is 5.32 Å². The van der Waals surface area contributed by atoms with E-state index in [0.29, 0.717) is 23.9 Å². The Balaban J connectivity index is 1.50. The van der Waals surface area contributed by atoms with Crippen LogP contribution in [0.3, 0.4) is 0 Å². The summed E-state index contributed by atoms with van der Waals surface area (Å²) in [7, 11) is 0. The number of aromatic nitrogens is 2. The third kappa shape index (κ3) is 4.16. The van der Waals surface area contributed by atoms with Gasteiger partial charge < -0.3 is 14.9 Å². The average Bonchev–Trinajstić information content (AvgIpc) is 3.24. The van der Waals surface area contributed by atoms with Gasteiger partial charge in [0.2, 0.25) is 11.8 Å². The number of carbonyl (C=O) groups is 1. The van der Waals surface area contributed by atoms with Crippen molar-refractivity contribution >= 4 is 11.6 Å². The highest BCUT2D eigenvalue weighted by molar-refractivity contribution is 5.90. The van der Waals surface area contributed by atoms with Crippen molar-refractivity contribution in [3.05, 3.63) is 41.5 Å².